The van der Waals surface area contributed by atoms with Crippen LogP contribution in [0.25, 0.3) is 0 Å². The van der Waals surface area contributed by atoms with Gasteiger partial charge in [-0.2, -0.15) is 0 Å². The molecule has 0 aliphatic heterocycles. The molecule has 2 aliphatic carbocycles. The number of amides is 2. The Kier molecular flexibility index (Phi) is 4.63. The van der Waals surface area contributed by atoms with E-state index in [0.717, 1.165) is 25.7 Å². The molecule has 0 radical (unpaired) electrons. The third-order valence-electron chi connectivity index (χ3n) is 3.93. The highest BCUT2D eigenvalue weighted by molar-refractivity contribution is 5.77. The molecule has 2 N–H and O–H groups in total. The lowest BCUT2D eigenvalue weighted by atomic mass is 10.0. The van der Waals surface area contributed by atoms with Crippen LogP contribution in [0.3, 0.4) is 0 Å². The predicted octanol–water partition coefficient (Wildman–Crippen LogP) is 1.06. The minimum absolute atomic E-state index is 0.141. The average molecular weight is 270 g/mol. The maximum atomic E-state index is 12.2. The van der Waals surface area contributed by atoms with Crippen LogP contribution in [0.5, 0.6) is 0 Å². The Morgan fingerprint density at radius 1 is 1.32 bits per heavy atom. The number of carboxylic acid groups (broad SMARTS) is 1. The van der Waals surface area contributed by atoms with Crippen LogP contribution in [-0.2, 0) is 9.53 Å². The molecule has 0 aromatic rings. The maximum absolute atomic E-state index is 12.2. The Balaban J connectivity index is 1.89. The van der Waals surface area contributed by atoms with E-state index in [-0.39, 0.29) is 12.1 Å². The number of methoxy groups -OCH3 is 1. The van der Waals surface area contributed by atoms with Crippen molar-refractivity contribution in [3.63, 3.8) is 0 Å². The van der Waals surface area contributed by atoms with Gasteiger partial charge in [0.2, 0.25) is 0 Å². The number of nitrogens with one attached hydrogen (secondary N) is 1. The van der Waals surface area contributed by atoms with E-state index in [2.05, 4.69) is 5.32 Å². The number of carbonyl (C=O) groups is 2. The SMILES string of the molecule is COCCN(C(=O)NC1CCCC1C(=O)O)C1CC1. The molecule has 108 valence electrons. The Morgan fingerprint density at radius 2 is 2.05 bits per heavy atom. The topological polar surface area (TPSA) is 78.9 Å². The number of carbonyl (C=O) groups excluding carboxylic acids is 1. The van der Waals surface area contributed by atoms with Crippen LogP contribution < -0.4 is 5.32 Å². The summed E-state index contributed by atoms with van der Waals surface area (Å²) in [6.07, 6.45) is 4.34. The molecular formula is C13H22N2O4. The van der Waals surface area contributed by atoms with Gasteiger partial charge >= 0.3 is 12.0 Å². The van der Waals surface area contributed by atoms with E-state index in [1.165, 1.54) is 0 Å². The summed E-state index contributed by atoms with van der Waals surface area (Å²) in [5, 5.41) is 12.0. The van der Waals surface area contributed by atoms with E-state index in [1.54, 1.807) is 12.0 Å². The van der Waals surface area contributed by atoms with Crippen LogP contribution in [0, 0.1) is 5.92 Å². The molecular weight excluding hydrogens is 248 g/mol. The number of hydrogen-bond acceptors (Lipinski definition) is 3. The van der Waals surface area contributed by atoms with Crippen LogP contribution in [0.1, 0.15) is 32.1 Å². The van der Waals surface area contributed by atoms with Crippen LogP contribution in [0.15, 0.2) is 0 Å². The number of nitrogens with zero attached hydrogens (tertiary/aromatic N) is 1. The fraction of sp³-hybridized carbons (Fsp3) is 0.846. The smallest absolute Gasteiger partial charge is 0.317 e. The minimum atomic E-state index is -0.808. The molecule has 19 heavy (non-hydrogen) atoms. The van der Waals surface area contributed by atoms with Crippen molar-refractivity contribution >= 4 is 12.0 Å². The summed E-state index contributed by atoms with van der Waals surface area (Å²) in [5.74, 6) is -1.25. The van der Waals surface area contributed by atoms with Gasteiger partial charge in [0, 0.05) is 25.7 Å². The quantitative estimate of drug-likeness (QED) is 0.756. The van der Waals surface area contributed by atoms with Crippen LogP contribution in [0.4, 0.5) is 4.79 Å². The molecule has 6 nitrogen and oxygen atoms in total. The Bertz CT molecular complexity index is 344. The molecule has 0 saturated heterocycles. The van der Waals surface area contributed by atoms with E-state index >= 15 is 0 Å². The molecule has 2 saturated carbocycles. The summed E-state index contributed by atoms with van der Waals surface area (Å²) >= 11 is 0. The number of ether oxygens (including phenoxy) is 1. The van der Waals surface area contributed by atoms with Crippen molar-refractivity contribution in [2.45, 2.75) is 44.2 Å². The van der Waals surface area contributed by atoms with E-state index in [1.807, 2.05) is 0 Å². The van der Waals surface area contributed by atoms with Gasteiger partial charge in [-0.15, -0.1) is 0 Å². The summed E-state index contributed by atoms with van der Waals surface area (Å²) in [4.78, 5) is 25.1. The summed E-state index contributed by atoms with van der Waals surface area (Å²) in [6, 6.07) is -0.0636. The van der Waals surface area contributed by atoms with Gasteiger partial charge in [-0.25, -0.2) is 4.79 Å². The number of aliphatic carboxylic acids is 1. The largest absolute Gasteiger partial charge is 0.481 e. The van der Waals surface area contributed by atoms with Crippen molar-refractivity contribution in [2.24, 2.45) is 5.92 Å². The van der Waals surface area contributed by atoms with Gasteiger partial charge in [0.15, 0.2) is 0 Å². The van der Waals surface area contributed by atoms with Crippen molar-refractivity contribution < 1.29 is 19.4 Å². The first kappa shape index (κ1) is 14.1. The second-order valence-electron chi connectivity index (χ2n) is 5.35. The third kappa shape index (κ3) is 3.59. The molecule has 0 aromatic heterocycles. The van der Waals surface area contributed by atoms with Crippen LogP contribution >= 0.6 is 0 Å². The van der Waals surface area contributed by atoms with Crippen LogP contribution in [0.2, 0.25) is 0 Å². The summed E-state index contributed by atoms with van der Waals surface area (Å²) in [7, 11) is 1.61. The van der Waals surface area contributed by atoms with Crippen molar-refractivity contribution in [2.75, 3.05) is 20.3 Å². The standard InChI is InChI=1S/C13H22N2O4/c1-19-8-7-15(9-5-6-9)13(18)14-11-4-2-3-10(11)12(16)17/h9-11H,2-8H2,1H3,(H,14,18)(H,16,17). The first-order valence-corrected chi connectivity index (χ1v) is 6.92. The van der Waals surface area contributed by atoms with Gasteiger partial charge in [0.25, 0.3) is 0 Å². The molecule has 2 unspecified atom stereocenters. The van der Waals surface area contributed by atoms with Gasteiger partial charge < -0.3 is 20.1 Å². The Morgan fingerprint density at radius 3 is 2.63 bits per heavy atom. The molecule has 6 heteroatoms. The van der Waals surface area contributed by atoms with Crippen molar-refractivity contribution in [1.82, 2.24) is 10.2 Å². The molecule has 2 aliphatic rings. The fourth-order valence-corrected chi connectivity index (χ4v) is 2.70. The normalized spacial score (nSPS) is 26.2. The van der Waals surface area contributed by atoms with Gasteiger partial charge in [-0.1, -0.05) is 6.42 Å². The molecule has 2 atom stereocenters. The van der Waals surface area contributed by atoms with Crippen molar-refractivity contribution in [3.05, 3.63) is 0 Å². The maximum Gasteiger partial charge on any atom is 0.317 e. The summed E-state index contributed by atoms with van der Waals surface area (Å²) < 4.78 is 5.01. The van der Waals surface area contributed by atoms with Gasteiger partial charge in [-0.05, 0) is 25.7 Å². The first-order chi connectivity index (χ1) is 9.13. The number of hydrogen-bond donors (Lipinski definition) is 2. The highest BCUT2D eigenvalue weighted by Crippen LogP contribution is 2.29. The molecule has 0 aromatic carbocycles. The minimum Gasteiger partial charge on any atom is -0.481 e. The van der Waals surface area contributed by atoms with Gasteiger partial charge in [-0.3, -0.25) is 4.79 Å². The zero-order valence-corrected chi connectivity index (χ0v) is 11.3. The molecule has 2 amide bonds. The van der Waals surface area contributed by atoms with E-state index in [0.29, 0.717) is 25.6 Å². The second-order valence-corrected chi connectivity index (χ2v) is 5.35. The number of carboxylic acids is 1. The number of urea groups is 1. The van der Waals surface area contributed by atoms with Gasteiger partial charge in [0.05, 0.1) is 12.5 Å². The van der Waals surface area contributed by atoms with E-state index in [9.17, 15) is 9.59 Å². The second kappa shape index (κ2) is 6.23. The van der Waals surface area contributed by atoms with E-state index in [4.69, 9.17) is 9.84 Å². The summed E-state index contributed by atoms with van der Waals surface area (Å²) in [6.45, 7) is 1.08. The zero-order chi connectivity index (χ0) is 13.8. The van der Waals surface area contributed by atoms with Crippen molar-refractivity contribution in [1.29, 1.82) is 0 Å². The summed E-state index contributed by atoms with van der Waals surface area (Å²) in [5.41, 5.74) is 0. The number of rotatable bonds is 6. The molecule has 2 rings (SSSR count). The van der Waals surface area contributed by atoms with E-state index < -0.39 is 11.9 Å². The first-order valence-electron chi connectivity index (χ1n) is 6.92. The molecule has 0 heterocycles. The van der Waals surface area contributed by atoms with Crippen LogP contribution in [-0.4, -0.2) is 54.4 Å². The molecule has 2 fully saturated rings. The Hall–Kier alpha value is -1.30. The van der Waals surface area contributed by atoms with Crippen molar-refractivity contribution in [3.8, 4) is 0 Å². The fourth-order valence-electron chi connectivity index (χ4n) is 2.70. The highest BCUT2D eigenvalue weighted by atomic mass is 16.5. The molecule has 0 spiro atoms. The third-order valence-corrected chi connectivity index (χ3v) is 3.93. The zero-order valence-electron chi connectivity index (χ0n) is 11.3. The molecule has 0 bridgehead atoms. The predicted molar refractivity (Wildman–Crippen MR) is 68.9 cm³/mol. The van der Waals surface area contributed by atoms with Gasteiger partial charge in [0.1, 0.15) is 0 Å². The monoisotopic (exact) mass is 270 g/mol. The Labute approximate surface area is 113 Å². The lowest BCUT2D eigenvalue weighted by molar-refractivity contribution is -0.142. The lowest BCUT2D eigenvalue weighted by Crippen LogP contribution is -2.49. The lowest BCUT2D eigenvalue weighted by Gasteiger charge is -2.26. The average Bonchev–Trinajstić information content (AvgIpc) is 3.09. The highest BCUT2D eigenvalue weighted by Gasteiger charge is 2.37.